The van der Waals surface area contributed by atoms with Gasteiger partial charge in [0, 0.05) is 113 Å². The molecule has 142 heavy (non-hydrogen) atoms. The van der Waals surface area contributed by atoms with Crippen molar-refractivity contribution in [2.75, 3.05) is 0 Å². The molecule has 30 rings (SSSR count). The molecule has 0 spiro atoms. The molecule has 9 heteroatoms. The number of benzene rings is 21. The van der Waals surface area contributed by atoms with Crippen LogP contribution in [-0.4, -0.2) is 13.7 Å². The van der Waals surface area contributed by atoms with Crippen LogP contribution < -0.4 is 47.7 Å². The van der Waals surface area contributed by atoms with Crippen LogP contribution in [0.3, 0.4) is 0 Å². The first-order valence-electron chi connectivity index (χ1n) is 49.3. The minimum absolute atomic E-state index is 0.0907. The summed E-state index contributed by atoms with van der Waals surface area (Å²) < 4.78 is 54.5. The van der Waals surface area contributed by atoms with Crippen molar-refractivity contribution in [3.63, 3.8) is 0 Å². The first-order valence-corrected chi connectivity index (χ1v) is 54.4. The highest BCUT2D eigenvalue weighted by atomic mass is 31.2. The van der Waals surface area contributed by atoms with Gasteiger partial charge in [-0.25, -0.2) is 0 Å². The molecule has 0 bridgehead atoms. The van der Waals surface area contributed by atoms with Crippen LogP contribution in [0.1, 0.15) is 74.9 Å². The molecular formula is C133H94N3O3P3. The average molecular weight is 1880 g/mol. The van der Waals surface area contributed by atoms with Gasteiger partial charge in [-0.1, -0.05) is 424 Å². The minimum atomic E-state index is -3.16. The van der Waals surface area contributed by atoms with Crippen molar-refractivity contribution in [1.82, 2.24) is 13.7 Å². The molecule has 21 aromatic carbocycles. The van der Waals surface area contributed by atoms with Crippen LogP contribution in [0, 0.1) is 0 Å². The van der Waals surface area contributed by atoms with Crippen LogP contribution in [0.2, 0.25) is 0 Å². The third-order valence-electron chi connectivity index (χ3n) is 32.2. The van der Waals surface area contributed by atoms with Crippen molar-refractivity contribution in [3.8, 4) is 106 Å². The molecule has 3 unspecified atom stereocenters. The van der Waals surface area contributed by atoms with E-state index in [-0.39, 0.29) is 16.2 Å². The summed E-state index contributed by atoms with van der Waals surface area (Å²) in [5.41, 5.74) is 36.9. The summed E-state index contributed by atoms with van der Waals surface area (Å²) in [6.45, 7) is 14.1. The average Bonchev–Trinajstić information content (AvgIpc) is 1.53. The van der Waals surface area contributed by atoms with E-state index in [2.05, 4.69) is 407 Å². The lowest BCUT2D eigenvalue weighted by molar-refractivity contribution is 0.592. The molecule has 3 atom stereocenters. The molecule has 0 saturated heterocycles. The molecule has 674 valence electrons. The molecule has 6 aliphatic rings. The van der Waals surface area contributed by atoms with E-state index in [4.69, 9.17) is 0 Å². The number of hydrogen-bond acceptors (Lipinski definition) is 3. The Bertz CT molecular complexity index is 9750. The Morgan fingerprint density at radius 2 is 0.514 bits per heavy atom. The maximum atomic E-state index is 15.8. The van der Waals surface area contributed by atoms with Gasteiger partial charge in [-0.05, 0) is 206 Å². The molecule has 6 nitrogen and oxygen atoms in total. The van der Waals surface area contributed by atoms with Gasteiger partial charge in [0.15, 0.2) is 21.4 Å². The highest BCUT2D eigenvalue weighted by molar-refractivity contribution is 7.88. The van der Waals surface area contributed by atoms with E-state index >= 15 is 13.7 Å². The molecule has 3 aromatic heterocycles. The molecule has 0 N–H and O–H groups in total. The fraction of sp³-hybridized carbons (Fsp3) is 0.0677. The van der Waals surface area contributed by atoms with E-state index in [0.29, 0.717) is 0 Å². The smallest absolute Gasteiger partial charge is 0.172 e. The van der Waals surface area contributed by atoms with Gasteiger partial charge < -0.3 is 27.4 Å². The van der Waals surface area contributed by atoms with Crippen molar-refractivity contribution in [1.29, 1.82) is 0 Å². The van der Waals surface area contributed by atoms with Crippen LogP contribution in [0.15, 0.2) is 461 Å². The van der Waals surface area contributed by atoms with Crippen molar-refractivity contribution in [2.45, 2.75) is 57.8 Å². The van der Waals surface area contributed by atoms with Crippen LogP contribution in [0.4, 0.5) is 0 Å². The van der Waals surface area contributed by atoms with E-state index in [1.807, 2.05) is 109 Å². The molecule has 0 radical (unpaired) electrons. The van der Waals surface area contributed by atoms with Gasteiger partial charge in [0.1, 0.15) is 0 Å². The summed E-state index contributed by atoms with van der Waals surface area (Å²) in [6.07, 6.45) is 0. The largest absolute Gasteiger partial charge is 0.309 e. The Morgan fingerprint density at radius 3 is 0.979 bits per heavy atom. The monoisotopic (exact) mass is 1870 g/mol. The fourth-order valence-electron chi connectivity index (χ4n) is 25.7. The van der Waals surface area contributed by atoms with Gasteiger partial charge >= 0.3 is 0 Å². The van der Waals surface area contributed by atoms with E-state index in [9.17, 15) is 0 Å². The zero-order valence-corrected chi connectivity index (χ0v) is 82.0. The zero-order valence-electron chi connectivity index (χ0n) is 79.3. The predicted molar refractivity (Wildman–Crippen MR) is 599 cm³/mol. The third kappa shape index (κ3) is 11.7. The van der Waals surface area contributed by atoms with E-state index in [0.717, 1.165) is 158 Å². The summed E-state index contributed by atoms with van der Waals surface area (Å²) >= 11 is 0. The molecule has 3 aliphatic carbocycles. The lowest BCUT2D eigenvalue weighted by Gasteiger charge is -2.23. The van der Waals surface area contributed by atoms with Crippen LogP contribution in [0.25, 0.3) is 182 Å². The van der Waals surface area contributed by atoms with Crippen molar-refractivity contribution in [2.24, 2.45) is 0 Å². The van der Waals surface area contributed by atoms with Gasteiger partial charge in [-0.15, -0.1) is 0 Å². The summed E-state index contributed by atoms with van der Waals surface area (Å²) in [7, 11) is -9.44. The first kappa shape index (κ1) is 84.1. The Hall–Kier alpha value is -16.0. The second kappa shape index (κ2) is 31.0. The van der Waals surface area contributed by atoms with Crippen molar-refractivity contribution >= 4 is 145 Å². The number of aromatic nitrogens is 3. The molecular weight excluding hydrogens is 1780 g/mol. The highest BCUT2D eigenvalue weighted by Crippen LogP contribution is 2.62. The van der Waals surface area contributed by atoms with Crippen LogP contribution >= 0.6 is 21.4 Å². The SMILES string of the molecule is CC1(C)c2cc(-c3cccc4ccccc34)ccc2-c2ccc(-n3c4ccccc4c4c5c(ccc43)-c3ccccc3P5(=O)c3ccccc3)cc21.CC1(C)c2cc(-c3ccccc3)ccc2-c2ccc(-n3c4ccccc4c4c5c(ccc43)-c3ccccc3P5(=O)c3ccccc3)cc21.CC1(C)c2ccccc2-c2c(-n3c4ccccc4c4c5c(ccc43)-c3ccccc3P5(=O)c3ccccc3)cccc21. The number of rotatable bonds is 8. The van der Waals surface area contributed by atoms with Gasteiger partial charge in [-0.3, -0.25) is 0 Å². The number of para-hydroxylation sites is 3. The maximum Gasteiger partial charge on any atom is 0.172 e. The molecule has 24 aromatic rings. The standard InChI is InChI=1S/C49H34NOP.C45H32NOP.C39H28NOP/c1-49(2)42-29-32(36-20-12-14-31-13-6-7-17-35(31)36)23-25-37(42)38-26-24-33(30-43(38)49)50-44-21-10-8-19-41(44)47-45(50)28-27-40-39-18-9-11-22-46(39)52(51,48(40)47)34-15-4-3-5-16-34;1-45(2)38-27-30(29-13-5-3-6-14-29)21-23-33(38)34-24-22-31(28-39(34)45)46-40-19-11-9-18-37(40)43-41(46)26-25-36-35-17-10-12-20-42(35)48(47,44(36)43)32-15-7-4-8-16-32;1-39(2)30-18-9-6-16-28(30)36-31(39)19-12-21-33(36)40-32-20-10-7-17-29(32)37-34(40)24-23-27-26-15-8-11-22-35(26)42(41,38(27)37)25-13-4-3-5-14-25/h3-30H,1-2H3;3-28H,1-2H3;3-24H,1-2H3. The van der Waals surface area contributed by atoms with Crippen LogP contribution in [0.5, 0.6) is 0 Å². The van der Waals surface area contributed by atoms with Crippen LogP contribution in [-0.2, 0) is 29.9 Å². The first-order chi connectivity index (χ1) is 69.4. The number of fused-ring (bicyclic) bond motifs is 31. The molecule has 6 heterocycles. The Balaban J connectivity index is 0.000000105. The summed E-state index contributed by atoms with van der Waals surface area (Å²) in [6, 6.07) is 164. The quantitative estimate of drug-likeness (QED) is 0.142. The number of hydrogen-bond donors (Lipinski definition) is 0. The maximum absolute atomic E-state index is 15.8. The van der Waals surface area contributed by atoms with E-state index in [1.54, 1.807) is 0 Å². The predicted octanol–water partition coefficient (Wildman–Crippen LogP) is 30.6. The summed E-state index contributed by atoms with van der Waals surface area (Å²) in [5.74, 6) is 0. The minimum Gasteiger partial charge on any atom is -0.309 e. The van der Waals surface area contributed by atoms with Crippen molar-refractivity contribution < 1.29 is 13.7 Å². The number of nitrogens with zero attached hydrogens (tertiary/aromatic N) is 3. The Morgan fingerprint density at radius 1 is 0.197 bits per heavy atom. The normalized spacial score (nSPS) is 17.0. The Labute approximate surface area is 825 Å². The molecule has 0 amide bonds. The van der Waals surface area contributed by atoms with Gasteiger partial charge in [0.2, 0.25) is 0 Å². The fourth-order valence-corrected chi connectivity index (χ4v) is 35.5. The van der Waals surface area contributed by atoms with E-state index < -0.39 is 21.4 Å². The van der Waals surface area contributed by atoms with Crippen molar-refractivity contribution in [3.05, 3.63) is 494 Å². The summed E-state index contributed by atoms with van der Waals surface area (Å²) in [5, 5.41) is 17.5. The van der Waals surface area contributed by atoms with Gasteiger partial charge in [-0.2, -0.15) is 0 Å². The lowest BCUT2D eigenvalue weighted by atomic mass is 9.81. The molecule has 0 fully saturated rings. The third-order valence-corrected chi connectivity index (χ3v) is 41.8. The summed E-state index contributed by atoms with van der Waals surface area (Å²) in [4.78, 5) is 0. The highest BCUT2D eigenvalue weighted by Gasteiger charge is 2.48. The molecule has 3 aliphatic heterocycles. The zero-order chi connectivity index (χ0) is 95.2. The van der Waals surface area contributed by atoms with E-state index in [1.165, 1.54) is 105 Å². The second-order valence-electron chi connectivity index (χ2n) is 40.5. The van der Waals surface area contributed by atoms with Gasteiger partial charge in [0.25, 0.3) is 0 Å². The second-order valence-corrected chi connectivity index (χ2v) is 48.5. The Kier molecular flexibility index (Phi) is 18.3. The van der Waals surface area contributed by atoms with Gasteiger partial charge in [0.05, 0.1) is 38.8 Å². The lowest BCUT2D eigenvalue weighted by Crippen LogP contribution is -2.21. The molecule has 0 saturated carbocycles. The topological polar surface area (TPSA) is 66.0 Å².